The standard InChI is InChI=1S/C18H18Br2FN3O3/c1-18(2,3)24-17(27)13-6-9(4-5-22-13)23-14(25)7-10-15(20)12(21)8-11(19)16(10)26/h4-6,8,26H,7H2,1-3H3,(H,24,27)(H,22,23,25). The van der Waals surface area contributed by atoms with E-state index in [4.69, 9.17) is 0 Å². The molecule has 1 aromatic heterocycles. The quantitative estimate of drug-likeness (QED) is 0.547. The lowest BCUT2D eigenvalue weighted by Crippen LogP contribution is -2.40. The predicted octanol–water partition coefficient (Wildman–Crippen LogP) is 4.16. The van der Waals surface area contributed by atoms with Crippen molar-refractivity contribution in [2.24, 2.45) is 0 Å². The van der Waals surface area contributed by atoms with Crippen LogP contribution in [0, 0.1) is 5.82 Å². The van der Waals surface area contributed by atoms with Gasteiger partial charge in [0.05, 0.1) is 15.4 Å². The van der Waals surface area contributed by atoms with Crippen molar-refractivity contribution >= 4 is 49.4 Å². The number of amides is 2. The number of pyridine rings is 1. The molecular weight excluding hydrogens is 485 g/mol. The van der Waals surface area contributed by atoms with Gasteiger partial charge in [-0.1, -0.05) is 0 Å². The fraction of sp³-hybridized carbons (Fsp3) is 0.278. The molecule has 2 aromatic rings. The van der Waals surface area contributed by atoms with E-state index in [1.807, 2.05) is 20.8 Å². The average Bonchev–Trinajstić information content (AvgIpc) is 2.55. The summed E-state index contributed by atoms with van der Waals surface area (Å²) in [7, 11) is 0. The lowest BCUT2D eigenvalue weighted by molar-refractivity contribution is -0.115. The molecule has 1 heterocycles. The Morgan fingerprint density at radius 2 is 1.93 bits per heavy atom. The van der Waals surface area contributed by atoms with E-state index in [1.54, 1.807) is 0 Å². The number of phenols is 1. The summed E-state index contributed by atoms with van der Waals surface area (Å²) in [4.78, 5) is 28.5. The van der Waals surface area contributed by atoms with E-state index in [-0.39, 0.29) is 38.3 Å². The first-order chi connectivity index (χ1) is 12.5. The Morgan fingerprint density at radius 3 is 2.56 bits per heavy atom. The van der Waals surface area contributed by atoms with Gasteiger partial charge in [-0.05, 0) is 70.8 Å². The molecule has 144 valence electrons. The summed E-state index contributed by atoms with van der Waals surface area (Å²) in [6.45, 7) is 5.54. The number of benzene rings is 1. The van der Waals surface area contributed by atoms with Crippen LogP contribution in [-0.4, -0.2) is 27.4 Å². The zero-order valence-corrected chi connectivity index (χ0v) is 18.0. The second kappa shape index (κ2) is 8.35. The molecule has 0 unspecified atom stereocenters. The fourth-order valence-corrected chi connectivity index (χ4v) is 3.08. The Bertz CT molecular complexity index is 872. The van der Waals surface area contributed by atoms with Crippen LogP contribution in [0.5, 0.6) is 5.75 Å². The van der Waals surface area contributed by atoms with E-state index in [1.165, 1.54) is 18.3 Å². The third-order valence-corrected chi connectivity index (χ3v) is 4.80. The lowest BCUT2D eigenvalue weighted by Gasteiger charge is -2.20. The first-order valence-corrected chi connectivity index (χ1v) is 9.50. The molecule has 2 amide bonds. The molecule has 0 aliphatic heterocycles. The molecule has 9 heteroatoms. The predicted molar refractivity (Wildman–Crippen MR) is 107 cm³/mol. The van der Waals surface area contributed by atoms with Gasteiger partial charge in [-0.3, -0.25) is 14.6 Å². The van der Waals surface area contributed by atoms with Gasteiger partial charge in [0.1, 0.15) is 17.3 Å². The SMILES string of the molecule is CC(C)(C)NC(=O)c1cc(NC(=O)Cc2c(O)c(Br)cc(F)c2Br)ccn1. The van der Waals surface area contributed by atoms with Gasteiger partial charge >= 0.3 is 0 Å². The van der Waals surface area contributed by atoms with E-state index in [0.29, 0.717) is 5.69 Å². The van der Waals surface area contributed by atoms with Crippen molar-refractivity contribution in [3.8, 4) is 5.75 Å². The summed E-state index contributed by atoms with van der Waals surface area (Å²) in [6, 6.07) is 4.07. The zero-order valence-electron chi connectivity index (χ0n) is 14.9. The number of aromatic nitrogens is 1. The number of carbonyl (C=O) groups excluding carboxylic acids is 2. The summed E-state index contributed by atoms with van der Waals surface area (Å²) in [5, 5.41) is 15.5. The highest BCUT2D eigenvalue weighted by Gasteiger charge is 2.19. The van der Waals surface area contributed by atoms with Crippen LogP contribution in [0.3, 0.4) is 0 Å². The average molecular weight is 503 g/mol. The summed E-state index contributed by atoms with van der Waals surface area (Å²) in [5.41, 5.74) is 0.201. The molecule has 0 aliphatic carbocycles. The highest BCUT2D eigenvalue weighted by atomic mass is 79.9. The normalized spacial score (nSPS) is 11.2. The van der Waals surface area contributed by atoms with Gasteiger partial charge in [0.15, 0.2) is 0 Å². The third kappa shape index (κ3) is 5.74. The molecule has 0 aliphatic rings. The maximum Gasteiger partial charge on any atom is 0.270 e. The second-order valence-corrected chi connectivity index (χ2v) is 8.49. The van der Waals surface area contributed by atoms with Gasteiger partial charge < -0.3 is 15.7 Å². The first kappa shape index (κ1) is 21.3. The smallest absolute Gasteiger partial charge is 0.270 e. The molecule has 2 rings (SSSR count). The van der Waals surface area contributed by atoms with Crippen molar-refractivity contribution in [2.45, 2.75) is 32.7 Å². The minimum atomic E-state index is -0.604. The number of carbonyl (C=O) groups is 2. The van der Waals surface area contributed by atoms with Crippen LogP contribution in [-0.2, 0) is 11.2 Å². The highest BCUT2D eigenvalue weighted by Crippen LogP contribution is 2.36. The van der Waals surface area contributed by atoms with Gasteiger partial charge in [-0.15, -0.1) is 0 Å². The van der Waals surface area contributed by atoms with Crippen LogP contribution in [0.1, 0.15) is 36.8 Å². The first-order valence-electron chi connectivity index (χ1n) is 7.91. The number of aromatic hydroxyl groups is 1. The zero-order chi connectivity index (χ0) is 20.4. The highest BCUT2D eigenvalue weighted by molar-refractivity contribution is 9.11. The third-order valence-electron chi connectivity index (χ3n) is 3.34. The second-order valence-electron chi connectivity index (χ2n) is 6.84. The number of hydrogen-bond donors (Lipinski definition) is 3. The Kier molecular flexibility index (Phi) is 6.59. The van der Waals surface area contributed by atoms with Gasteiger partial charge in [-0.2, -0.15) is 0 Å². The van der Waals surface area contributed by atoms with Gasteiger partial charge in [0, 0.05) is 23.0 Å². The molecule has 3 N–H and O–H groups in total. The number of hydrogen-bond acceptors (Lipinski definition) is 4. The number of halogens is 3. The Hall–Kier alpha value is -2.00. The van der Waals surface area contributed by atoms with Crippen molar-refractivity contribution in [2.75, 3.05) is 5.32 Å². The molecule has 0 bridgehead atoms. The van der Waals surface area contributed by atoms with Crippen molar-refractivity contribution in [1.82, 2.24) is 10.3 Å². The lowest BCUT2D eigenvalue weighted by atomic mass is 10.1. The monoisotopic (exact) mass is 501 g/mol. The van der Waals surface area contributed by atoms with Gasteiger partial charge in [0.2, 0.25) is 5.91 Å². The summed E-state index contributed by atoms with van der Waals surface area (Å²) >= 11 is 6.08. The molecule has 0 fully saturated rings. The van der Waals surface area contributed by atoms with Crippen LogP contribution in [0.4, 0.5) is 10.1 Å². The van der Waals surface area contributed by atoms with Crippen LogP contribution < -0.4 is 10.6 Å². The number of nitrogens with one attached hydrogen (secondary N) is 2. The van der Waals surface area contributed by atoms with E-state index in [0.717, 1.165) is 6.07 Å². The number of phenolic OH excluding ortho intramolecular Hbond substituents is 1. The van der Waals surface area contributed by atoms with Gasteiger partial charge in [-0.25, -0.2) is 4.39 Å². The Morgan fingerprint density at radius 1 is 1.26 bits per heavy atom. The summed E-state index contributed by atoms with van der Waals surface area (Å²) in [5.74, 6) is -1.68. The molecule has 1 aromatic carbocycles. The fourth-order valence-electron chi connectivity index (χ4n) is 2.20. The molecule has 0 atom stereocenters. The molecule has 6 nitrogen and oxygen atoms in total. The van der Waals surface area contributed by atoms with Crippen LogP contribution in [0.25, 0.3) is 0 Å². The molecule has 27 heavy (non-hydrogen) atoms. The number of rotatable bonds is 4. The van der Waals surface area contributed by atoms with E-state index >= 15 is 0 Å². The van der Waals surface area contributed by atoms with Crippen molar-refractivity contribution < 1.29 is 19.1 Å². The van der Waals surface area contributed by atoms with Crippen molar-refractivity contribution in [3.63, 3.8) is 0 Å². The van der Waals surface area contributed by atoms with Gasteiger partial charge in [0.25, 0.3) is 5.91 Å². The minimum absolute atomic E-state index is 0.0123. The molecule has 0 radical (unpaired) electrons. The summed E-state index contributed by atoms with van der Waals surface area (Å²) < 4.78 is 14.0. The molecule has 0 saturated carbocycles. The molecule has 0 saturated heterocycles. The Balaban J connectivity index is 2.16. The van der Waals surface area contributed by atoms with Crippen LogP contribution in [0.15, 0.2) is 33.3 Å². The van der Waals surface area contributed by atoms with Crippen molar-refractivity contribution in [1.29, 1.82) is 0 Å². The number of anilines is 1. The van der Waals surface area contributed by atoms with E-state index in [2.05, 4.69) is 47.5 Å². The van der Waals surface area contributed by atoms with Crippen LogP contribution in [0.2, 0.25) is 0 Å². The number of nitrogens with zero attached hydrogens (tertiary/aromatic N) is 1. The maximum absolute atomic E-state index is 13.8. The maximum atomic E-state index is 13.8. The van der Waals surface area contributed by atoms with E-state index < -0.39 is 17.3 Å². The van der Waals surface area contributed by atoms with E-state index in [9.17, 15) is 19.1 Å². The minimum Gasteiger partial charge on any atom is -0.506 e. The molecular formula is C18H18Br2FN3O3. The van der Waals surface area contributed by atoms with Crippen LogP contribution >= 0.6 is 31.9 Å². The summed E-state index contributed by atoms with van der Waals surface area (Å²) in [6.07, 6.45) is 1.13. The molecule has 0 spiro atoms. The topological polar surface area (TPSA) is 91.3 Å². The Labute approximate surface area is 172 Å². The van der Waals surface area contributed by atoms with Crippen molar-refractivity contribution in [3.05, 3.63) is 50.4 Å². The largest absolute Gasteiger partial charge is 0.506 e.